The third-order valence-electron chi connectivity index (χ3n) is 4.61. The molecule has 1 heterocycles. The lowest BCUT2D eigenvalue weighted by Gasteiger charge is -2.16. The number of halogens is 3. The Labute approximate surface area is 203 Å². The van der Waals surface area contributed by atoms with Gasteiger partial charge in [-0.05, 0) is 23.6 Å². The Morgan fingerprint density at radius 2 is 1.72 bits per heavy atom. The molecular weight excluding hydrogens is 535 g/mol. The Hall–Kier alpha value is -2.34. The van der Waals surface area contributed by atoms with Crippen molar-refractivity contribution >= 4 is 29.9 Å². The van der Waals surface area contributed by atoms with E-state index in [4.69, 9.17) is 14.2 Å². The number of nitrogens with one attached hydrogen (secondary N) is 2. The van der Waals surface area contributed by atoms with Gasteiger partial charge in [0.2, 0.25) is 6.79 Å². The number of nitrogens with zero attached hydrogens (tertiary/aromatic N) is 1. The Kier molecular flexibility index (Phi) is 10.7. The molecule has 7 nitrogen and oxygen atoms in total. The van der Waals surface area contributed by atoms with Crippen LogP contribution < -0.4 is 24.8 Å². The van der Waals surface area contributed by atoms with E-state index in [1.807, 2.05) is 24.3 Å². The van der Waals surface area contributed by atoms with E-state index in [0.717, 1.165) is 17.5 Å². The second-order valence-electron chi connectivity index (χ2n) is 6.79. The highest BCUT2D eigenvalue weighted by Gasteiger charge is 2.20. The molecule has 2 aromatic rings. The maximum Gasteiger partial charge on any atom is 0.387 e. The van der Waals surface area contributed by atoms with E-state index in [2.05, 4.69) is 27.3 Å². The Morgan fingerprint density at radius 3 is 2.38 bits per heavy atom. The summed E-state index contributed by atoms with van der Waals surface area (Å²) in [6.07, 6.45) is 0.966. The summed E-state index contributed by atoms with van der Waals surface area (Å²) in [5.74, 6) is 1.41. The third kappa shape index (κ3) is 7.37. The predicted octanol–water partition coefficient (Wildman–Crippen LogP) is 4.43. The number of rotatable bonds is 10. The fourth-order valence-electron chi connectivity index (χ4n) is 3.08. The summed E-state index contributed by atoms with van der Waals surface area (Å²) in [6.45, 7) is 1.17. The molecule has 0 saturated heterocycles. The summed E-state index contributed by atoms with van der Waals surface area (Å²) in [6, 6.07) is 11.0. The van der Waals surface area contributed by atoms with Crippen LogP contribution in [0.4, 0.5) is 8.78 Å². The van der Waals surface area contributed by atoms with E-state index in [1.165, 1.54) is 6.07 Å². The molecule has 0 fully saturated rings. The molecule has 176 valence electrons. The van der Waals surface area contributed by atoms with E-state index in [9.17, 15) is 8.78 Å². The fourth-order valence-corrected chi connectivity index (χ4v) is 3.08. The lowest BCUT2D eigenvalue weighted by Crippen LogP contribution is -2.36. The average Bonchev–Trinajstić information content (AvgIpc) is 3.21. The monoisotopic (exact) mass is 563 g/mol. The molecule has 10 heteroatoms. The molecule has 0 radical (unpaired) electrons. The predicted molar refractivity (Wildman–Crippen MR) is 128 cm³/mol. The SMILES string of the molecule is CCCOCc1ccccc1CNC(=NC)NCc1cc2c(cc1OC(F)F)OCO2.I. The second kappa shape index (κ2) is 13.3. The molecule has 0 unspecified atom stereocenters. The minimum absolute atomic E-state index is 0. The summed E-state index contributed by atoms with van der Waals surface area (Å²) in [7, 11) is 1.64. The standard InChI is InChI=1S/C22H27F2N3O4.HI/c1-3-8-28-13-16-7-5-4-6-15(16)11-26-22(25-2)27-12-17-9-19-20(30-14-29-19)10-18(17)31-21(23)24;/h4-7,9-10,21H,3,8,11-14H2,1-2H3,(H2,25,26,27);1H. The number of fused-ring (bicyclic) bond motifs is 1. The highest BCUT2D eigenvalue weighted by Crippen LogP contribution is 2.38. The molecule has 0 saturated carbocycles. The molecule has 2 aromatic carbocycles. The molecule has 32 heavy (non-hydrogen) atoms. The van der Waals surface area contributed by atoms with Crippen LogP contribution in [0.1, 0.15) is 30.0 Å². The number of benzene rings is 2. The van der Waals surface area contributed by atoms with Crippen molar-refractivity contribution in [1.29, 1.82) is 0 Å². The Morgan fingerprint density at radius 1 is 1.06 bits per heavy atom. The van der Waals surface area contributed by atoms with Crippen molar-refractivity contribution < 1.29 is 27.7 Å². The van der Waals surface area contributed by atoms with Crippen LogP contribution in [0.5, 0.6) is 17.2 Å². The van der Waals surface area contributed by atoms with Crippen LogP contribution in [0.15, 0.2) is 41.4 Å². The van der Waals surface area contributed by atoms with E-state index >= 15 is 0 Å². The smallest absolute Gasteiger partial charge is 0.387 e. The van der Waals surface area contributed by atoms with Gasteiger partial charge in [0.05, 0.1) is 6.61 Å². The van der Waals surface area contributed by atoms with E-state index in [0.29, 0.717) is 42.8 Å². The van der Waals surface area contributed by atoms with Crippen LogP contribution in [-0.2, 0) is 24.4 Å². The van der Waals surface area contributed by atoms with E-state index in [1.54, 1.807) is 13.1 Å². The molecule has 0 amide bonds. The zero-order chi connectivity index (χ0) is 22.1. The van der Waals surface area contributed by atoms with Crippen molar-refractivity contribution in [3.63, 3.8) is 0 Å². The fraction of sp³-hybridized carbons (Fsp3) is 0.409. The summed E-state index contributed by atoms with van der Waals surface area (Å²) in [5, 5.41) is 6.36. The minimum atomic E-state index is -2.94. The lowest BCUT2D eigenvalue weighted by atomic mass is 10.1. The average molecular weight is 563 g/mol. The van der Waals surface area contributed by atoms with Gasteiger partial charge in [0, 0.05) is 38.4 Å². The van der Waals surface area contributed by atoms with Crippen molar-refractivity contribution in [2.45, 2.75) is 39.7 Å². The van der Waals surface area contributed by atoms with Gasteiger partial charge in [0.15, 0.2) is 17.5 Å². The highest BCUT2D eigenvalue weighted by atomic mass is 127. The van der Waals surface area contributed by atoms with Crippen molar-refractivity contribution in [3.05, 3.63) is 53.1 Å². The summed E-state index contributed by atoms with van der Waals surface area (Å²) in [4.78, 5) is 4.20. The van der Waals surface area contributed by atoms with E-state index in [-0.39, 0.29) is 43.1 Å². The quantitative estimate of drug-likeness (QED) is 0.193. The maximum absolute atomic E-state index is 12.8. The number of hydrogen-bond acceptors (Lipinski definition) is 5. The van der Waals surface area contributed by atoms with Crippen molar-refractivity contribution in [3.8, 4) is 17.2 Å². The molecule has 0 aromatic heterocycles. The molecule has 1 aliphatic rings. The topological polar surface area (TPSA) is 73.3 Å². The zero-order valence-corrected chi connectivity index (χ0v) is 20.4. The summed E-state index contributed by atoms with van der Waals surface area (Å²) in [5.41, 5.74) is 2.69. The van der Waals surface area contributed by atoms with Crippen LogP contribution in [0.3, 0.4) is 0 Å². The van der Waals surface area contributed by atoms with Crippen molar-refractivity contribution in [1.82, 2.24) is 10.6 Å². The van der Waals surface area contributed by atoms with Crippen LogP contribution in [-0.4, -0.2) is 33.0 Å². The molecule has 0 aliphatic carbocycles. The Balaban J connectivity index is 0.00000363. The molecule has 3 rings (SSSR count). The van der Waals surface area contributed by atoms with Gasteiger partial charge in [-0.3, -0.25) is 4.99 Å². The molecule has 0 spiro atoms. The molecule has 1 aliphatic heterocycles. The first-order chi connectivity index (χ1) is 15.1. The molecule has 0 bridgehead atoms. The Bertz CT molecular complexity index is 899. The highest BCUT2D eigenvalue weighted by molar-refractivity contribution is 14.0. The summed E-state index contributed by atoms with van der Waals surface area (Å²) < 4.78 is 46.5. The van der Waals surface area contributed by atoms with Gasteiger partial charge < -0.3 is 29.6 Å². The largest absolute Gasteiger partial charge is 0.454 e. The first kappa shape index (κ1) is 25.9. The number of alkyl halides is 2. The number of ether oxygens (including phenoxy) is 4. The van der Waals surface area contributed by atoms with Crippen LogP contribution >= 0.6 is 24.0 Å². The normalized spacial score (nSPS) is 12.5. The van der Waals surface area contributed by atoms with Crippen LogP contribution in [0.2, 0.25) is 0 Å². The van der Waals surface area contributed by atoms with Gasteiger partial charge in [-0.25, -0.2) is 0 Å². The van der Waals surface area contributed by atoms with Gasteiger partial charge in [-0.1, -0.05) is 31.2 Å². The lowest BCUT2D eigenvalue weighted by molar-refractivity contribution is -0.0505. The second-order valence-corrected chi connectivity index (χ2v) is 6.79. The van der Waals surface area contributed by atoms with Gasteiger partial charge >= 0.3 is 6.61 Å². The zero-order valence-electron chi connectivity index (χ0n) is 18.0. The first-order valence-electron chi connectivity index (χ1n) is 10.1. The first-order valence-corrected chi connectivity index (χ1v) is 10.1. The van der Waals surface area contributed by atoms with Gasteiger partial charge in [-0.15, -0.1) is 24.0 Å². The van der Waals surface area contributed by atoms with Gasteiger partial charge in [0.1, 0.15) is 5.75 Å². The molecular formula is C22H28F2IN3O4. The van der Waals surface area contributed by atoms with Crippen molar-refractivity contribution in [2.75, 3.05) is 20.4 Å². The van der Waals surface area contributed by atoms with Gasteiger partial charge in [-0.2, -0.15) is 8.78 Å². The number of guanidine groups is 1. The number of aliphatic imine (C=N–C) groups is 1. The maximum atomic E-state index is 12.8. The summed E-state index contributed by atoms with van der Waals surface area (Å²) >= 11 is 0. The number of hydrogen-bond donors (Lipinski definition) is 2. The van der Waals surface area contributed by atoms with Crippen molar-refractivity contribution in [2.24, 2.45) is 4.99 Å². The minimum Gasteiger partial charge on any atom is -0.454 e. The van der Waals surface area contributed by atoms with Gasteiger partial charge in [0.25, 0.3) is 0 Å². The van der Waals surface area contributed by atoms with E-state index < -0.39 is 6.61 Å². The van der Waals surface area contributed by atoms with Crippen LogP contribution in [0, 0.1) is 0 Å². The molecule has 2 N–H and O–H groups in total. The van der Waals surface area contributed by atoms with Crippen LogP contribution in [0.25, 0.3) is 0 Å². The molecule has 0 atom stereocenters. The third-order valence-corrected chi connectivity index (χ3v) is 4.61.